The Balaban J connectivity index is 1.84. The maximum Gasteiger partial charge on any atom is 0.255 e. The molecule has 0 heterocycles. The molecule has 1 amide bonds. The van der Waals surface area contributed by atoms with Gasteiger partial charge < -0.3 is 0 Å². The number of carbonyl (C=O) groups is 1. The lowest BCUT2D eigenvalue weighted by molar-refractivity contribution is -0.121. The SMILES string of the molecule is Cc1ccc(S(=O)(=O)N(CC(=O)N/N=C\c2ccc(Cl)cc2)Cc2c(F)cccc2Cl)cc1. The largest absolute Gasteiger partial charge is 0.272 e. The molecule has 0 fully saturated rings. The molecule has 0 aliphatic carbocycles. The number of nitrogens with zero attached hydrogens (tertiary/aromatic N) is 2. The van der Waals surface area contributed by atoms with Gasteiger partial charge >= 0.3 is 0 Å². The molecular weight excluding hydrogens is 488 g/mol. The van der Waals surface area contributed by atoms with Crippen molar-refractivity contribution < 1.29 is 17.6 Å². The normalized spacial score (nSPS) is 11.8. The first-order chi connectivity index (χ1) is 15.7. The molecule has 3 aromatic rings. The summed E-state index contributed by atoms with van der Waals surface area (Å²) in [5, 5.41) is 4.45. The van der Waals surface area contributed by atoms with Crippen molar-refractivity contribution in [3.63, 3.8) is 0 Å². The fourth-order valence-electron chi connectivity index (χ4n) is 2.87. The molecule has 0 saturated carbocycles. The molecule has 0 aliphatic heterocycles. The van der Waals surface area contributed by atoms with Crippen LogP contribution in [0.15, 0.2) is 76.7 Å². The molecule has 0 aromatic heterocycles. The number of halogens is 3. The van der Waals surface area contributed by atoms with E-state index in [2.05, 4.69) is 10.5 Å². The highest BCUT2D eigenvalue weighted by atomic mass is 35.5. The lowest BCUT2D eigenvalue weighted by Crippen LogP contribution is -2.39. The van der Waals surface area contributed by atoms with Crippen molar-refractivity contribution >= 4 is 45.3 Å². The predicted molar refractivity (Wildman–Crippen MR) is 127 cm³/mol. The van der Waals surface area contributed by atoms with Crippen LogP contribution in [0.4, 0.5) is 4.39 Å². The standard InChI is InChI=1S/C23H20Cl2FN3O3S/c1-16-5-11-19(12-6-16)33(31,32)29(14-20-21(25)3-2-4-22(20)26)15-23(30)28-27-13-17-7-9-18(24)10-8-17/h2-13H,14-15H2,1H3,(H,28,30)/b27-13-. The van der Waals surface area contributed by atoms with Crippen LogP contribution in [-0.2, 0) is 21.4 Å². The second-order valence-corrected chi connectivity index (χ2v) is 9.91. The second-order valence-electron chi connectivity index (χ2n) is 7.13. The molecule has 1 N–H and O–H groups in total. The maximum atomic E-state index is 14.4. The minimum absolute atomic E-state index is 0.0296. The molecule has 0 spiro atoms. The van der Waals surface area contributed by atoms with E-state index in [-0.39, 0.29) is 15.5 Å². The van der Waals surface area contributed by atoms with E-state index in [1.54, 1.807) is 36.4 Å². The molecule has 0 aliphatic rings. The summed E-state index contributed by atoms with van der Waals surface area (Å²) in [5.41, 5.74) is 3.80. The van der Waals surface area contributed by atoms with Crippen LogP contribution in [0.3, 0.4) is 0 Å². The third-order valence-corrected chi connectivity index (χ3v) is 7.06. The van der Waals surface area contributed by atoms with E-state index in [4.69, 9.17) is 23.2 Å². The van der Waals surface area contributed by atoms with Gasteiger partial charge in [0.05, 0.1) is 17.7 Å². The number of carbonyl (C=O) groups excluding carboxylic acids is 1. The Morgan fingerprint density at radius 1 is 1.06 bits per heavy atom. The smallest absolute Gasteiger partial charge is 0.255 e. The number of hydrogen-bond acceptors (Lipinski definition) is 4. The van der Waals surface area contributed by atoms with Gasteiger partial charge in [-0.1, -0.05) is 59.1 Å². The third kappa shape index (κ3) is 6.61. The highest BCUT2D eigenvalue weighted by molar-refractivity contribution is 7.89. The first-order valence-corrected chi connectivity index (χ1v) is 11.9. The van der Waals surface area contributed by atoms with Crippen molar-refractivity contribution in [2.24, 2.45) is 5.10 Å². The van der Waals surface area contributed by atoms with Crippen molar-refractivity contribution in [3.8, 4) is 0 Å². The van der Waals surface area contributed by atoms with Crippen molar-refractivity contribution in [1.82, 2.24) is 9.73 Å². The molecule has 0 unspecified atom stereocenters. The summed E-state index contributed by atoms with van der Waals surface area (Å²) in [6, 6.07) is 16.9. The lowest BCUT2D eigenvalue weighted by atomic mass is 10.2. The third-order valence-electron chi connectivity index (χ3n) is 4.65. The highest BCUT2D eigenvalue weighted by Crippen LogP contribution is 2.24. The molecule has 3 rings (SSSR count). The van der Waals surface area contributed by atoms with Gasteiger partial charge in [-0.05, 0) is 48.9 Å². The fraction of sp³-hybridized carbons (Fsp3) is 0.130. The molecule has 3 aromatic carbocycles. The molecule has 0 atom stereocenters. The average Bonchev–Trinajstić information content (AvgIpc) is 2.77. The van der Waals surface area contributed by atoms with E-state index < -0.39 is 34.8 Å². The van der Waals surface area contributed by atoms with Gasteiger partial charge in [0.15, 0.2) is 0 Å². The number of sulfonamides is 1. The van der Waals surface area contributed by atoms with E-state index in [0.717, 1.165) is 9.87 Å². The van der Waals surface area contributed by atoms with E-state index in [1.807, 2.05) is 6.92 Å². The molecule has 0 saturated heterocycles. The zero-order valence-corrected chi connectivity index (χ0v) is 19.8. The molecule has 0 bridgehead atoms. The molecule has 6 nitrogen and oxygen atoms in total. The number of hydrogen-bond donors (Lipinski definition) is 1. The fourth-order valence-corrected chi connectivity index (χ4v) is 4.58. The molecule has 33 heavy (non-hydrogen) atoms. The van der Waals surface area contributed by atoms with Gasteiger partial charge in [-0.3, -0.25) is 4.79 Å². The minimum atomic E-state index is -4.15. The summed E-state index contributed by atoms with van der Waals surface area (Å²) >= 11 is 11.9. The van der Waals surface area contributed by atoms with Gasteiger partial charge in [-0.15, -0.1) is 0 Å². The summed E-state index contributed by atoms with van der Waals surface area (Å²) in [7, 11) is -4.15. The van der Waals surface area contributed by atoms with Gasteiger partial charge in [-0.2, -0.15) is 9.41 Å². The first-order valence-electron chi connectivity index (χ1n) is 9.74. The average molecular weight is 508 g/mol. The van der Waals surface area contributed by atoms with Gasteiger partial charge in [-0.25, -0.2) is 18.2 Å². The van der Waals surface area contributed by atoms with Crippen LogP contribution < -0.4 is 5.43 Å². The molecule has 0 radical (unpaired) electrons. The van der Waals surface area contributed by atoms with Crippen LogP contribution in [0.2, 0.25) is 10.0 Å². The van der Waals surface area contributed by atoms with Gasteiger partial charge in [0, 0.05) is 22.2 Å². The van der Waals surface area contributed by atoms with E-state index in [1.165, 1.54) is 36.5 Å². The van der Waals surface area contributed by atoms with Crippen molar-refractivity contribution in [2.45, 2.75) is 18.4 Å². The van der Waals surface area contributed by atoms with Gasteiger partial charge in [0.2, 0.25) is 10.0 Å². The summed E-state index contributed by atoms with van der Waals surface area (Å²) in [6.07, 6.45) is 1.39. The molecule has 172 valence electrons. The Morgan fingerprint density at radius 2 is 1.73 bits per heavy atom. The summed E-state index contributed by atoms with van der Waals surface area (Å²) in [6.45, 7) is 0.786. The van der Waals surface area contributed by atoms with Crippen LogP contribution in [0.5, 0.6) is 0 Å². The quantitative estimate of drug-likeness (QED) is 0.351. The Bertz CT molecular complexity index is 1240. The summed E-state index contributed by atoms with van der Waals surface area (Å²) < 4.78 is 41.8. The Labute approximate surface area is 201 Å². The zero-order chi connectivity index (χ0) is 24.0. The number of rotatable bonds is 8. The molecule has 10 heteroatoms. The van der Waals surface area contributed by atoms with E-state index in [0.29, 0.717) is 10.6 Å². The Morgan fingerprint density at radius 3 is 2.36 bits per heavy atom. The van der Waals surface area contributed by atoms with E-state index in [9.17, 15) is 17.6 Å². The van der Waals surface area contributed by atoms with Crippen molar-refractivity contribution in [2.75, 3.05) is 6.54 Å². The monoisotopic (exact) mass is 507 g/mol. The minimum Gasteiger partial charge on any atom is -0.272 e. The zero-order valence-electron chi connectivity index (χ0n) is 17.5. The number of benzene rings is 3. The Hall–Kier alpha value is -2.78. The number of nitrogens with one attached hydrogen (secondary N) is 1. The highest BCUT2D eigenvalue weighted by Gasteiger charge is 2.28. The number of hydrazone groups is 1. The second kappa shape index (κ2) is 10.9. The lowest BCUT2D eigenvalue weighted by Gasteiger charge is -2.22. The number of aryl methyl sites for hydroxylation is 1. The van der Waals surface area contributed by atoms with Crippen molar-refractivity contribution in [1.29, 1.82) is 0 Å². The summed E-state index contributed by atoms with van der Waals surface area (Å²) in [5.74, 6) is -1.38. The van der Waals surface area contributed by atoms with Crippen LogP contribution in [0.25, 0.3) is 0 Å². The Kier molecular flexibility index (Phi) is 8.20. The van der Waals surface area contributed by atoms with Gasteiger partial charge in [0.1, 0.15) is 5.82 Å². The topological polar surface area (TPSA) is 78.8 Å². The van der Waals surface area contributed by atoms with E-state index >= 15 is 0 Å². The van der Waals surface area contributed by atoms with Gasteiger partial charge in [0.25, 0.3) is 5.91 Å². The maximum absolute atomic E-state index is 14.4. The molecular formula is C23H20Cl2FN3O3S. The summed E-state index contributed by atoms with van der Waals surface area (Å²) in [4.78, 5) is 12.5. The number of amides is 1. The predicted octanol–water partition coefficient (Wildman–Crippen LogP) is 4.78. The van der Waals surface area contributed by atoms with Crippen molar-refractivity contribution in [3.05, 3.63) is 99.3 Å². The van der Waals surface area contributed by atoms with Crippen LogP contribution in [0.1, 0.15) is 16.7 Å². The van der Waals surface area contributed by atoms with Crippen LogP contribution in [-0.4, -0.2) is 31.4 Å². The van der Waals surface area contributed by atoms with Crippen LogP contribution >= 0.6 is 23.2 Å². The van der Waals surface area contributed by atoms with Crippen LogP contribution in [0, 0.1) is 12.7 Å². The first kappa shape index (κ1) is 24.9.